The number of carboxylic acid groups (broad SMARTS) is 1. The van der Waals surface area contributed by atoms with Gasteiger partial charge in [0, 0.05) is 24.5 Å². The first kappa shape index (κ1) is 16.1. The molecule has 1 aromatic rings. The number of nitrogens with zero attached hydrogens (tertiary/aromatic N) is 1. The van der Waals surface area contributed by atoms with Gasteiger partial charge in [-0.15, -0.1) is 0 Å². The second-order valence-corrected chi connectivity index (χ2v) is 7.10. The Kier molecular flexibility index (Phi) is 4.23. The van der Waals surface area contributed by atoms with E-state index in [1.54, 1.807) is 0 Å². The monoisotopic (exact) mass is 339 g/mol. The van der Waals surface area contributed by atoms with Gasteiger partial charge in [-0.2, -0.15) is 4.31 Å². The van der Waals surface area contributed by atoms with Gasteiger partial charge in [0.2, 0.25) is 10.0 Å². The minimum Gasteiger partial charge on any atom is -0.481 e. The summed E-state index contributed by atoms with van der Waals surface area (Å²) in [6.07, 6.45) is -0.830. The van der Waals surface area contributed by atoms with Crippen molar-refractivity contribution in [2.45, 2.75) is 17.2 Å². The van der Waals surface area contributed by atoms with Crippen molar-refractivity contribution in [2.75, 3.05) is 13.1 Å². The molecular formula is C12H12ClF2NO4S. The van der Waals surface area contributed by atoms with Crippen LogP contribution in [0.4, 0.5) is 8.78 Å². The third-order valence-corrected chi connectivity index (χ3v) is 5.42. The predicted molar refractivity (Wildman–Crippen MR) is 70.9 cm³/mol. The highest BCUT2D eigenvalue weighted by molar-refractivity contribution is 7.89. The first-order chi connectivity index (χ1) is 9.64. The summed E-state index contributed by atoms with van der Waals surface area (Å²) in [5.74, 6) is -7.20. The van der Waals surface area contributed by atoms with E-state index in [1.165, 1.54) is 24.3 Å². The molecule has 1 aliphatic heterocycles. The fraction of sp³-hybridized carbons (Fsp3) is 0.417. The van der Waals surface area contributed by atoms with Crippen molar-refractivity contribution in [1.29, 1.82) is 0 Å². The van der Waals surface area contributed by atoms with Gasteiger partial charge < -0.3 is 5.11 Å². The summed E-state index contributed by atoms with van der Waals surface area (Å²) in [6, 6.07) is 5.37. The predicted octanol–water partition coefficient (Wildman–Crippen LogP) is 2.07. The second kappa shape index (κ2) is 5.51. The zero-order chi connectivity index (χ0) is 15.8. The van der Waals surface area contributed by atoms with Crippen molar-refractivity contribution in [3.05, 3.63) is 29.3 Å². The lowest BCUT2D eigenvalue weighted by Gasteiger charge is -2.35. The molecule has 1 aliphatic rings. The molecule has 9 heteroatoms. The van der Waals surface area contributed by atoms with Gasteiger partial charge in [-0.05, 0) is 18.2 Å². The van der Waals surface area contributed by atoms with Crippen LogP contribution < -0.4 is 0 Å². The summed E-state index contributed by atoms with van der Waals surface area (Å²) in [4.78, 5) is 10.8. The molecule has 2 rings (SSSR count). The van der Waals surface area contributed by atoms with E-state index in [-0.39, 0.29) is 9.92 Å². The van der Waals surface area contributed by atoms with Crippen LogP contribution in [0.15, 0.2) is 29.2 Å². The summed E-state index contributed by atoms with van der Waals surface area (Å²) in [6.45, 7) is -1.21. The minimum atomic E-state index is -4.05. The molecule has 0 amide bonds. The molecule has 0 aromatic heterocycles. The van der Waals surface area contributed by atoms with Gasteiger partial charge in [0.1, 0.15) is 5.92 Å². The van der Waals surface area contributed by atoms with Crippen LogP contribution >= 0.6 is 11.6 Å². The molecule has 0 aliphatic carbocycles. The molecule has 1 aromatic carbocycles. The molecule has 0 spiro atoms. The van der Waals surface area contributed by atoms with Gasteiger partial charge in [0.15, 0.2) is 0 Å². The van der Waals surface area contributed by atoms with E-state index in [1.807, 2.05) is 0 Å². The van der Waals surface area contributed by atoms with Crippen LogP contribution in [0.5, 0.6) is 0 Å². The van der Waals surface area contributed by atoms with Crippen molar-refractivity contribution in [3.8, 4) is 0 Å². The van der Waals surface area contributed by atoms with Crippen molar-refractivity contribution in [1.82, 2.24) is 4.31 Å². The zero-order valence-corrected chi connectivity index (χ0v) is 12.2. The molecule has 5 nitrogen and oxygen atoms in total. The quantitative estimate of drug-likeness (QED) is 0.914. The number of hydrogen-bond acceptors (Lipinski definition) is 3. The van der Waals surface area contributed by atoms with Crippen LogP contribution in [0.25, 0.3) is 0 Å². The fourth-order valence-corrected chi connectivity index (χ4v) is 3.89. The van der Waals surface area contributed by atoms with Crippen LogP contribution in [0.1, 0.15) is 6.42 Å². The van der Waals surface area contributed by atoms with Crippen LogP contribution in [-0.4, -0.2) is 42.8 Å². The maximum Gasteiger partial charge on any atom is 0.313 e. The Morgan fingerprint density at radius 3 is 2.67 bits per heavy atom. The van der Waals surface area contributed by atoms with Crippen molar-refractivity contribution in [2.24, 2.45) is 5.92 Å². The zero-order valence-electron chi connectivity index (χ0n) is 10.7. The summed E-state index contributed by atoms with van der Waals surface area (Å²) in [5, 5.41) is 9.04. The van der Waals surface area contributed by atoms with E-state index in [2.05, 4.69) is 0 Å². The standard InChI is InChI=1S/C12H12ClF2NO4S/c13-8-2-1-3-9(6-8)21(19,20)16-5-4-12(14,15)10(7-16)11(17)18/h1-3,6,10H,4-5,7H2,(H,17,18). The lowest BCUT2D eigenvalue weighted by Crippen LogP contribution is -2.52. The number of alkyl halides is 2. The smallest absolute Gasteiger partial charge is 0.313 e. The first-order valence-electron chi connectivity index (χ1n) is 6.01. The van der Waals surface area contributed by atoms with Crippen molar-refractivity contribution >= 4 is 27.6 Å². The lowest BCUT2D eigenvalue weighted by molar-refractivity contribution is -0.163. The van der Waals surface area contributed by atoms with E-state index < -0.39 is 47.3 Å². The van der Waals surface area contributed by atoms with Gasteiger partial charge in [0.05, 0.1) is 4.90 Å². The van der Waals surface area contributed by atoms with Crippen LogP contribution in [0.3, 0.4) is 0 Å². The number of carbonyl (C=O) groups is 1. The Labute approximate surface area is 125 Å². The van der Waals surface area contributed by atoms with E-state index in [9.17, 15) is 22.0 Å². The van der Waals surface area contributed by atoms with Gasteiger partial charge in [-0.1, -0.05) is 17.7 Å². The molecule has 1 fully saturated rings. The van der Waals surface area contributed by atoms with Crippen LogP contribution in [-0.2, 0) is 14.8 Å². The first-order valence-corrected chi connectivity index (χ1v) is 7.83. The highest BCUT2D eigenvalue weighted by Gasteiger charge is 2.50. The number of rotatable bonds is 3. The molecular weight excluding hydrogens is 328 g/mol. The Morgan fingerprint density at radius 1 is 1.43 bits per heavy atom. The Morgan fingerprint density at radius 2 is 2.10 bits per heavy atom. The van der Waals surface area contributed by atoms with E-state index in [0.29, 0.717) is 0 Å². The molecule has 1 saturated heterocycles. The van der Waals surface area contributed by atoms with Crippen molar-refractivity contribution in [3.63, 3.8) is 0 Å². The van der Waals surface area contributed by atoms with Gasteiger partial charge in [-0.25, -0.2) is 17.2 Å². The Balaban J connectivity index is 2.32. The SMILES string of the molecule is O=C(O)C1CN(S(=O)(=O)c2cccc(Cl)c2)CCC1(F)F. The molecule has 1 atom stereocenters. The largest absolute Gasteiger partial charge is 0.481 e. The number of piperidine rings is 1. The molecule has 0 radical (unpaired) electrons. The summed E-state index contributed by atoms with van der Waals surface area (Å²) < 4.78 is 52.5. The summed E-state index contributed by atoms with van der Waals surface area (Å²) in [5.41, 5.74) is 0. The summed E-state index contributed by atoms with van der Waals surface area (Å²) in [7, 11) is -4.05. The molecule has 1 unspecified atom stereocenters. The molecule has 0 saturated carbocycles. The Hall–Kier alpha value is -1.25. The molecule has 1 N–H and O–H groups in total. The normalized spacial score (nSPS) is 22.9. The average Bonchev–Trinajstić information content (AvgIpc) is 2.37. The number of sulfonamides is 1. The minimum absolute atomic E-state index is 0.149. The number of halogens is 3. The van der Waals surface area contributed by atoms with Gasteiger partial charge in [-0.3, -0.25) is 4.79 Å². The molecule has 1 heterocycles. The van der Waals surface area contributed by atoms with Crippen LogP contribution in [0, 0.1) is 5.92 Å². The highest BCUT2D eigenvalue weighted by Crippen LogP contribution is 2.35. The van der Waals surface area contributed by atoms with Crippen LogP contribution in [0.2, 0.25) is 5.02 Å². The maximum absolute atomic E-state index is 13.5. The van der Waals surface area contributed by atoms with Gasteiger partial charge in [0.25, 0.3) is 5.92 Å². The number of carboxylic acids is 1. The van der Waals surface area contributed by atoms with E-state index in [4.69, 9.17) is 16.7 Å². The fourth-order valence-electron chi connectivity index (χ4n) is 2.13. The number of hydrogen-bond donors (Lipinski definition) is 1. The van der Waals surface area contributed by atoms with Crippen molar-refractivity contribution < 1.29 is 27.1 Å². The van der Waals surface area contributed by atoms with Gasteiger partial charge >= 0.3 is 5.97 Å². The molecule has 116 valence electrons. The number of benzene rings is 1. The third-order valence-electron chi connectivity index (χ3n) is 3.32. The third kappa shape index (κ3) is 3.17. The topological polar surface area (TPSA) is 74.7 Å². The lowest BCUT2D eigenvalue weighted by atomic mass is 9.95. The second-order valence-electron chi connectivity index (χ2n) is 4.72. The average molecular weight is 340 g/mol. The Bertz CT molecular complexity index is 665. The maximum atomic E-state index is 13.5. The molecule has 0 bridgehead atoms. The van der Waals surface area contributed by atoms with E-state index >= 15 is 0 Å². The molecule has 21 heavy (non-hydrogen) atoms. The summed E-state index contributed by atoms with van der Waals surface area (Å²) >= 11 is 5.72. The number of aliphatic carboxylic acids is 1. The highest BCUT2D eigenvalue weighted by atomic mass is 35.5. The van der Waals surface area contributed by atoms with E-state index in [0.717, 1.165) is 4.31 Å².